The van der Waals surface area contributed by atoms with E-state index < -0.39 is 28.8 Å². The summed E-state index contributed by atoms with van der Waals surface area (Å²) in [5, 5.41) is 13.3. The second-order valence-corrected chi connectivity index (χ2v) is 7.25. The normalized spacial score (nSPS) is 20.0. The molecule has 0 saturated carbocycles. The van der Waals surface area contributed by atoms with E-state index in [9.17, 15) is 23.1 Å². The van der Waals surface area contributed by atoms with Crippen LogP contribution < -0.4 is 5.32 Å². The number of benzene rings is 2. The lowest BCUT2D eigenvalue weighted by molar-refractivity contribution is -0.141. The van der Waals surface area contributed by atoms with Gasteiger partial charge in [0, 0.05) is 30.4 Å². The molecule has 1 amide bonds. The Morgan fingerprint density at radius 3 is 2.46 bits per heavy atom. The molecule has 2 N–H and O–H groups in total. The fraction of sp³-hybridized carbons (Fsp3) is 0.133. The van der Waals surface area contributed by atoms with E-state index in [1.165, 1.54) is 24.3 Å². The van der Waals surface area contributed by atoms with Gasteiger partial charge in [0.1, 0.15) is 0 Å². The van der Waals surface area contributed by atoms with Crippen LogP contribution in [0.1, 0.15) is 16.7 Å². The molecule has 2 aromatic rings. The quantitative estimate of drug-likeness (QED) is 0.567. The molecule has 3 rings (SSSR count). The molecular formula is C15H7Cl2F3INO2. The first-order valence-electron chi connectivity index (χ1n) is 6.45. The summed E-state index contributed by atoms with van der Waals surface area (Å²) in [6.07, 6.45) is -4.77. The summed E-state index contributed by atoms with van der Waals surface area (Å²) >= 11 is 13.6. The first kappa shape index (κ1) is 17.8. The van der Waals surface area contributed by atoms with Crippen molar-refractivity contribution in [3.8, 4) is 0 Å². The van der Waals surface area contributed by atoms with Crippen molar-refractivity contribution in [2.45, 2.75) is 11.8 Å². The van der Waals surface area contributed by atoms with Gasteiger partial charge in [-0.05, 0) is 52.9 Å². The number of nitrogens with one attached hydrogen (secondary N) is 1. The van der Waals surface area contributed by atoms with Crippen molar-refractivity contribution in [3.05, 3.63) is 60.6 Å². The lowest BCUT2D eigenvalue weighted by atomic mass is 9.84. The first-order chi connectivity index (χ1) is 11.0. The number of carbonyl (C=O) groups excluding carboxylic acids is 1. The lowest BCUT2D eigenvalue weighted by Gasteiger charge is -2.25. The number of anilines is 1. The van der Waals surface area contributed by atoms with Crippen LogP contribution in [0, 0.1) is 3.57 Å². The fourth-order valence-electron chi connectivity index (χ4n) is 2.68. The molecule has 24 heavy (non-hydrogen) atoms. The highest BCUT2D eigenvalue weighted by Crippen LogP contribution is 2.49. The molecule has 2 aromatic carbocycles. The third-order valence-electron chi connectivity index (χ3n) is 3.67. The van der Waals surface area contributed by atoms with Crippen LogP contribution in [0.25, 0.3) is 0 Å². The maximum Gasteiger partial charge on any atom is 0.416 e. The number of carbonyl (C=O) groups is 1. The number of halogens is 6. The Kier molecular flexibility index (Phi) is 4.26. The van der Waals surface area contributed by atoms with Crippen molar-refractivity contribution < 1.29 is 23.1 Å². The van der Waals surface area contributed by atoms with Gasteiger partial charge < -0.3 is 10.4 Å². The Hall–Kier alpha value is -1.03. The predicted molar refractivity (Wildman–Crippen MR) is 92.3 cm³/mol. The largest absolute Gasteiger partial charge is 0.416 e. The topological polar surface area (TPSA) is 49.3 Å². The van der Waals surface area contributed by atoms with Crippen molar-refractivity contribution in [1.82, 2.24) is 0 Å². The van der Waals surface area contributed by atoms with Crippen LogP contribution in [0.4, 0.5) is 18.9 Å². The lowest BCUT2D eigenvalue weighted by Crippen LogP contribution is -2.37. The molecule has 1 unspecified atom stereocenters. The van der Waals surface area contributed by atoms with Gasteiger partial charge in [0.15, 0.2) is 5.60 Å². The predicted octanol–water partition coefficient (Wildman–Crippen LogP) is 4.80. The van der Waals surface area contributed by atoms with Crippen molar-refractivity contribution in [2.24, 2.45) is 0 Å². The molecule has 1 aliphatic rings. The average Bonchev–Trinajstić information content (AvgIpc) is 2.71. The fourth-order valence-corrected chi connectivity index (χ4v) is 3.73. The van der Waals surface area contributed by atoms with Gasteiger partial charge >= 0.3 is 6.18 Å². The van der Waals surface area contributed by atoms with Crippen molar-refractivity contribution >= 4 is 57.4 Å². The summed E-state index contributed by atoms with van der Waals surface area (Å²) in [7, 11) is 0. The average molecular weight is 488 g/mol. The van der Waals surface area contributed by atoms with Crippen molar-refractivity contribution in [3.63, 3.8) is 0 Å². The second-order valence-electron chi connectivity index (χ2n) is 5.16. The van der Waals surface area contributed by atoms with E-state index in [1.54, 1.807) is 22.6 Å². The molecule has 3 nitrogen and oxygen atoms in total. The van der Waals surface area contributed by atoms with Gasteiger partial charge in [0.05, 0.1) is 5.56 Å². The highest BCUT2D eigenvalue weighted by atomic mass is 127. The van der Waals surface area contributed by atoms with Gasteiger partial charge in [-0.2, -0.15) is 13.2 Å². The summed E-state index contributed by atoms with van der Waals surface area (Å²) in [6.45, 7) is 0. The van der Waals surface area contributed by atoms with E-state index in [1.807, 2.05) is 0 Å². The molecule has 1 heterocycles. The monoisotopic (exact) mass is 487 g/mol. The van der Waals surface area contributed by atoms with E-state index >= 15 is 0 Å². The van der Waals surface area contributed by atoms with Crippen LogP contribution >= 0.6 is 45.8 Å². The van der Waals surface area contributed by atoms with E-state index in [-0.39, 0.29) is 24.9 Å². The molecule has 0 radical (unpaired) electrons. The van der Waals surface area contributed by atoms with Gasteiger partial charge in [-0.25, -0.2) is 0 Å². The molecule has 1 aliphatic heterocycles. The van der Waals surface area contributed by atoms with E-state index in [0.717, 1.165) is 6.07 Å². The minimum Gasteiger partial charge on any atom is -0.372 e. The van der Waals surface area contributed by atoms with Crippen molar-refractivity contribution in [1.29, 1.82) is 0 Å². The second kappa shape index (κ2) is 5.76. The number of rotatable bonds is 1. The standard InChI is InChI=1S/C15H7Cl2F3INO2/c16-6-1-2-10(17)8(3-6)14(24)12-9(15(18,19)20)4-7(21)5-11(12)22-13(14)23/h1-5,24H,(H,22,23). The highest BCUT2D eigenvalue weighted by molar-refractivity contribution is 14.1. The molecule has 0 aromatic heterocycles. The molecule has 0 aliphatic carbocycles. The Bertz CT molecular complexity index is 873. The molecule has 0 bridgehead atoms. The smallest absolute Gasteiger partial charge is 0.372 e. The number of fused-ring (bicyclic) bond motifs is 1. The molecule has 0 saturated heterocycles. The molecule has 0 spiro atoms. The number of hydrogen-bond acceptors (Lipinski definition) is 2. The van der Waals surface area contributed by atoms with Crippen LogP contribution in [0.2, 0.25) is 10.0 Å². The van der Waals surface area contributed by atoms with Gasteiger partial charge in [-0.3, -0.25) is 4.79 Å². The van der Waals surface area contributed by atoms with Crippen LogP contribution in [-0.2, 0) is 16.6 Å². The summed E-state index contributed by atoms with van der Waals surface area (Å²) in [5.41, 5.74) is -4.60. The van der Waals surface area contributed by atoms with Crippen molar-refractivity contribution in [2.75, 3.05) is 5.32 Å². The maximum atomic E-state index is 13.5. The maximum absolute atomic E-state index is 13.5. The number of alkyl halides is 3. The first-order valence-corrected chi connectivity index (χ1v) is 8.29. The van der Waals surface area contributed by atoms with Crippen LogP contribution in [-0.4, -0.2) is 11.0 Å². The van der Waals surface area contributed by atoms with Gasteiger partial charge in [0.25, 0.3) is 5.91 Å². The summed E-state index contributed by atoms with van der Waals surface area (Å²) < 4.78 is 40.7. The third-order valence-corrected chi connectivity index (χ3v) is 4.85. The van der Waals surface area contributed by atoms with Gasteiger partial charge in [0.2, 0.25) is 0 Å². The Labute approximate surface area is 157 Å². The SMILES string of the molecule is O=C1Nc2cc(I)cc(C(F)(F)F)c2C1(O)c1cc(Cl)ccc1Cl. The number of hydrogen-bond donors (Lipinski definition) is 2. The zero-order chi connectivity index (χ0) is 17.9. The number of aliphatic hydroxyl groups is 1. The Morgan fingerprint density at radius 2 is 1.83 bits per heavy atom. The highest BCUT2D eigenvalue weighted by Gasteiger charge is 2.53. The van der Waals surface area contributed by atoms with Crippen LogP contribution in [0.15, 0.2) is 30.3 Å². The van der Waals surface area contributed by atoms with E-state index in [0.29, 0.717) is 0 Å². The Morgan fingerprint density at radius 1 is 1.17 bits per heavy atom. The number of amides is 1. The molecule has 0 fully saturated rings. The summed E-state index contributed by atoms with van der Waals surface area (Å²) in [6, 6.07) is 6.10. The third kappa shape index (κ3) is 2.67. The van der Waals surface area contributed by atoms with Gasteiger partial charge in [-0.1, -0.05) is 23.2 Å². The zero-order valence-corrected chi connectivity index (χ0v) is 15.2. The summed E-state index contributed by atoms with van der Waals surface area (Å²) in [5.74, 6) is -1.02. The molecule has 126 valence electrons. The molecule has 9 heteroatoms. The van der Waals surface area contributed by atoms with E-state index in [2.05, 4.69) is 5.32 Å². The minimum atomic E-state index is -4.77. The molecule has 1 atom stereocenters. The summed E-state index contributed by atoms with van der Waals surface area (Å²) in [4.78, 5) is 12.4. The van der Waals surface area contributed by atoms with Crippen LogP contribution in [0.5, 0.6) is 0 Å². The molecular weight excluding hydrogens is 481 g/mol. The Balaban J connectivity index is 2.39. The van der Waals surface area contributed by atoms with Crippen LogP contribution in [0.3, 0.4) is 0 Å². The minimum absolute atomic E-state index is 0.0726. The zero-order valence-electron chi connectivity index (χ0n) is 11.5. The van der Waals surface area contributed by atoms with Gasteiger partial charge in [-0.15, -0.1) is 0 Å². The van der Waals surface area contributed by atoms with E-state index in [4.69, 9.17) is 23.2 Å².